The summed E-state index contributed by atoms with van der Waals surface area (Å²) in [5.74, 6) is -3.18. The average Bonchev–Trinajstić information content (AvgIpc) is 2.37. The van der Waals surface area contributed by atoms with E-state index in [1.165, 1.54) is 0 Å². The topological polar surface area (TPSA) is 130 Å². The van der Waals surface area contributed by atoms with Gasteiger partial charge in [-0.05, 0) is 12.1 Å². The molecular formula is C11H11FN2O6. The Labute approximate surface area is 112 Å². The van der Waals surface area contributed by atoms with Gasteiger partial charge in [-0.1, -0.05) is 0 Å². The summed E-state index contributed by atoms with van der Waals surface area (Å²) in [5.41, 5.74) is -1.04. The molecule has 9 heteroatoms. The van der Waals surface area contributed by atoms with Crippen LogP contribution in [0.2, 0.25) is 0 Å². The van der Waals surface area contributed by atoms with Crippen molar-refractivity contribution in [3.05, 3.63) is 39.7 Å². The van der Waals surface area contributed by atoms with Gasteiger partial charge in [0, 0.05) is 19.0 Å². The number of carboxylic acids is 1. The number of rotatable bonds is 6. The van der Waals surface area contributed by atoms with E-state index in [1.54, 1.807) is 0 Å². The summed E-state index contributed by atoms with van der Waals surface area (Å²) in [6.07, 6.45) is -1.93. The fraction of sp³-hybridized carbons (Fsp3) is 0.273. The van der Waals surface area contributed by atoms with E-state index in [-0.39, 0.29) is 13.0 Å². The Morgan fingerprint density at radius 1 is 1.45 bits per heavy atom. The molecule has 1 atom stereocenters. The van der Waals surface area contributed by atoms with Crippen LogP contribution in [0.15, 0.2) is 18.2 Å². The smallest absolute Gasteiger partial charge is 0.332 e. The number of hydrogen-bond acceptors (Lipinski definition) is 5. The summed E-state index contributed by atoms with van der Waals surface area (Å²) >= 11 is 0. The monoisotopic (exact) mass is 286 g/mol. The van der Waals surface area contributed by atoms with Gasteiger partial charge < -0.3 is 15.5 Å². The SMILES string of the molecule is O=C(NCCC(O)C(=O)O)c1cc(F)ccc1[N+](=O)[O-]. The summed E-state index contributed by atoms with van der Waals surface area (Å²) in [6, 6.07) is 2.42. The molecule has 0 bridgehead atoms. The molecule has 0 aliphatic heterocycles. The van der Waals surface area contributed by atoms with Crippen molar-refractivity contribution in [3.8, 4) is 0 Å². The van der Waals surface area contributed by atoms with E-state index in [0.29, 0.717) is 6.07 Å². The van der Waals surface area contributed by atoms with Crippen LogP contribution in [0.3, 0.4) is 0 Å². The van der Waals surface area contributed by atoms with Gasteiger partial charge in [0.1, 0.15) is 11.4 Å². The maximum absolute atomic E-state index is 13.0. The molecule has 0 radical (unpaired) electrons. The number of nitro groups is 1. The number of carboxylic acid groups (broad SMARTS) is 1. The van der Waals surface area contributed by atoms with Gasteiger partial charge in [0.15, 0.2) is 6.10 Å². The van der Waals surface area contributed by atoms with Gasteiger partial charge >= 0.3 is 5.97 Å². The van der Waals surface area contributed by atoms with Gasteiger partial charge in [-0.25, -0.2) is 9.18 Å². The number of aliphatic hydroxyl groups excluding tert-OH is 1. The lowest BCUT2D eigenvalue weighted by Gasteiger charge is -2.07. The summed E-state index contributed by atoms with van der Waals surface area (Å²) in [5, 5.41) is 30.3. The molecule has 0 aliphatic rings. The number of aliphatic carboxylic acids is 1. The molecule has 1 rings (SSSR count). The van der Waals surface area contributed by atoms with Crippen LogP contribution in [-0.2, 0) is 4.79 Å². The van der Waals surface area contributed by atoms with E-state index < -0.39 is 40.0 Å². The van der Waals surface area contributed by atoms with E-state index in [1.807, 2.05) is 0 Å². The molecule has 0 fully saturated rings. The summed E-state index contributed by atoms with van der Waals surface area (Å²) in [4.78, 5) is 31.9. The Morgan fingerprint density at radius 3 is 2.65 bits per heavy atom. The van der Waals surface area contributed by atoms with Crippen LogP contribution in [-0.4, -0.2) is 39.7 Å². The predicted molar refractivity (Wildman–Crippen MR) is 63.6 cm³/mol. The quantitative estimate of drug-likeness (QED) is 0.509. The van der Waals surface area contributed by atoms with Crippen molar-refractivity contribution in [1.82, 2.24) is 5.32 Å². The normalized spacial score (nSPS) is 11.7. The fourth-order valence-corrected chi connectivity index (χ4v) is 1.39. The number of nitrogens with one attached hydrogen (secondary N) is 1. The Hall–Kier alpha value is -2.55. The fourth-order valence-electron chi connectivity index (χ4n) is 1.39. The first-order chi connectivity index (χ1) is 9.32. The Kier molecular flexibility index (Phi) is 5.09. The van der Waals surface area contributed by atoms with Crippen molar-refractivity contribution in [2.24, 2.45) is 0 Å². The Morgan fingerprint density at radius 2 is 2.10 bits per heavy atom. The largest absolute Gasteiger partial charge is 0.479 e. The molecule has 8 nitrogen and oxygen atoms in total. The second-order valence-corrected chi connectivity index (χ2v) is 3.82. The number of nitrogens with zero attached hydrogens (tertiary/aromatic N) is 1. The summed E-state index contributed by atoms with van der Waals surface area (Å²) in [7, 11) is 0. The first-order valence-corrected chi connectivity index (χ1v) is 5.46. The van der Waals surface area contributed by atoms with E-state index in [4.69, 9.17) is 10.2 Å². The molecule has 0 heterocycles. The van der Waals surface area contributed by atoms with Gasteiger partial charge in [-0.3, -0.25) is 14.9 Å². The van der Waals surface area contributed by atoms with E-state index >= 15 is 0 Å². The molecular weight excluding hydrogens is 275 g/mol. The standard InChI is InChI=1S/C11H11FN2O6/c12-6-1-2-8(14(19)20)7(5-6)10(16)13-4-3-9(15)11(17)18/h1-2,5,9,15H,3-4H2,(H,13,16)(H,17,18). The molecule has 1 unspecified atom stereocenters. The zero-order valence-corrected chi connectivity index (χ0v) is 10.1. The first-order valence-electron chi connectivity index (χ1n) is 5.46. The highest BCUT2D eigenvalue weighted by Crippen LogP contribution is 2.19. The molecule has 3 N–H and O–H groups in total. The second-order valence-electron chi connectivity index (χ2n) is 3.82. The van der Waals surface area contributed by atoms with Gasteiger partial charge in [0.05, 0.1) is 4.92 Å². The highest BCUT2D eigenvalue weighted by molar-refractivity contribution is 5.98. The third kappa shape index (κ3) is 3.99. The highest BCUT2D eigenvalue weighted by atomic mass is 19.1. The van der Waals surface area contributed by atoms with Crippen LogP contribution in [0, 0.1) is 15.9 Å². The van der Waals surface area contributed by atoms with Crippen LogP contribution in [0.1, 0.15) is 16.8 Å². The molecule has 0 aromatic heterocycles. The van der Waals surface area contributed by atoms with Crippen molar-refractivity contribution in [3.63, 3.8) is 0 Å². The maximum atomic E-state index is 13.0. The third-order valence-corrected chi connectivity index (χ3v) is 2.39. The van der Waals surface area contributed by atoms with Crippen molar-refractivity contribution in [2.45, 2.75) is 12.5 Å². The molecule has 0 aliphatic carbocycles. The van der Waals surface area contributed by atoms with Crippen LogP contribution in [0.25, 0.3) is 0 Å². The van der Waals surface area contributed by atoms with Crippen LogP contribution in [0.4, 0.5) is 10.1 Å². The van der Waals surface area contributed by atoms with E-state index in [2.05, 4.69) is 5.32 Å². The number of benzene rings is 1. The van der Waals surface area contributed by atoms with Crippen molar-refractivity contribution >= 4 is 17.6 Å². The first kappa shape index (κ1) is 15.5. The lowest BCUT2D eigenvalue weighted by atomic mass is 10.1. The Balaban J connectivity index is 2.75. The molecule has 108 valence electrons. The minimum absolute atomic E-state index is 0.222. The average molecular weight is 286 g/mol. The molecule has 1 amide bonds. The highest BCUT2D eigenvalue weighted by Gasteiger charge is 2.21. The summed E-state index contributed by atoms with van der Waals surface area (Å²) in [6.45, 7) is -0.222. The third-order valence-electron chi connectivity index (χ3n) is 2.39. The van der Waals surface area contributed by atoms with Crippen molar-refractivity contribution in [2.75, 3.05) is 6.54 Å². The number of amides is 1. The number of carbonyl (C=O) groups excluding carboxylic acids is 1. The number of halogens is 1. The molecule has 20 heavy (non-hydrogen) atoms. The van der Waals surface area contributed by atoms with Gasteiger partial charge in [-0.2, -0.15) is 0 Å². The number of aliphatic hydroxyl groups is 1. The molecule has 1 aromatic rings. The molecule has 0 spiro atoms. The van der Waals surface area contributed by atoms with Crippen molar-refractivity contribution < 1.29 is 29.1 Å². The number of carbonyl (C=O) groups is 2. The zero-order valence-electron chi connectivity index (χ0n) is 10.1. The summed E-state index contributed by atoms with van der Waals surface area (Å²) < 4.78 is 13.0. The van der Waals surface area contributed by atoms with Gasteiger partial charge in [-0.15, -0.1) is 0 Å². The minimum Gasteiger partial charge on any atom is -0.479 e. The van der Waals surface area contributed by atoms with E-state index in [9.17, 15) is 24.1 Å². The Bertz CT molecular complexity index is 548. The predicted octanol–water partition coefficient (Wildman–Crippen LogP) is 0.299. The zero-order chi connectivity index (χ0) is 15.3. The van der Waals surface area contributed by atoms with Crippen molar-refractivity contribution in [1.29, 1.82) is 0 Å². The minimum atomic E-state index is -1.65. The number of nitro benzene ring substituents is 1. The second kappa shape index (κ2) is 6.57. The van der Waals surface area contributed by atoms with E-state index in [0.717, 1.165) is 12.1 Å². The lowest BCUT2D eigenvalue weighted by Crippen LogP contribution is -2.30. The van der Waals surface area contributed by atoms with Crippen LogP contribution >= 0.6 is 0 Å². The number of hydrogen-bond donors (Lipinski definition) is 3. The molecule has 0 saturated heterocycles. The van der Waals surface area contributed by atoms with Crippen LogP contribution in [0.5, 0.6) is 0 Å². The molecule has 1 aromatic carbocycles. The van der Waals surface area contributed by atoms with Gasteiger partial charge in [0.2, 0.25) is 0 Å². The molecule has 0 saturated carbocycles. The van der Waals surface area contributed by atoms with Gasteiger partial charge in [0.25, 0.3) is 11.6 Å². The maximum Gasteiger partial charge on any atom is 0.332 e. The lowest BCUT2D eigenvalue weighted by molar-refractivity contribution is -0.385. The van der Waals surface area contributed by atoms with Crippen LogP contribution < -0.4 is 5.32 Å².